The van der Waals surface area contributed by atoms with E-state index < -0.39 is 6.29 Å². The van der Waals surface area contributed by atoms with Gasteiger partial charge >= 0.3 is 0 Å². The minimum absolute atomic E-state index is 0.167. The largest absolute Gasteiger partial charge is 0.492 e. The molecule has 0 bridgehead atoms. The van der Waals surface area contributed by atoms with Crippen molar-refractivity contribution in [2.45, 2.75) is 39.1 Å². The SMILES string of the molecule is Cc1cn2cc(C3=Cc4ccc(OCCN5CCC(O)CC5)cc4OC3O)nc2c(C)n1. The fraction of sp³-hybridized carbons (Fsp3) is 0.417. The molecule has 8 nitrogen and oxygen atoms in total. The Bertz CT molecular complexity index is 1160. The summed E-state index contributed by atoms with van der Waals surface area (Å²) in [5, 5.41) is 20.3. The van der Waals surface area contributed by atoms with Crippen molar-refractivity contribution in [1.82, 2.24) is 19.3 Å². The van der Waals surface area contributed by atoms with Crippen LogP contribution in [0.1, 0.15) is 35.5 Å². The molecule has 5 rings (SSSR count). The first-order valence-electron chi connectivity index (χ1n) is 11.0. The standard InChI is InChI=1S/C24H28N4O4/c1-15-13-28-14-21(26-23(28)16(2)25-15)20-11-17-3-4-19(12-22(17)32-24(20)30)31-10-9-27-7-5-18(29)6-8-27/h3-4,11-14,18,24,29-30H,5-10H2,1-2H3. The molecular formula is C24H28N4O4. The fourth-order valence-corrected chi connectivity index (χ4v) is 4.33. The lowest BCUT2D eigenvalue weighted by molar-refractivity contribution is 0.0315. The van der Waals surface area contributed by atoms with Crippen LogP contribution in [0, 0.1) is 13.8 Å². The lowest BCUT2D eigenvalue weighted by atomic mass is 10.0. The number of aliphatic hydroxyl groups excluding tert-OH is 2. The number of piperidine rings is 1. The summed E-state index contributed by atoms with van der Waals surface area (Å²) < 4.78 is 13.6. The van der Waals surface area contributed by atoms with E-state index in [1.165, 1.54) is 0 Å². The second kappa shape index (κ2) is 8.54. The number of fused-ring (bicyclic) bond motifs is 2. The summed E-state index contributed by atoms with van der Waals surface area (Å²) in [5.41, 5.74) is 4.64. The third-order valence-corrected chi connectivity index (χ3v) is 6.06. The number of likely N-dealkylation sites (tertiary alicyclic amines) is 1. The van der Waals surface area contributed by atoms with Crippen molar-refractivity contribution >= 4 is 17.3 Å². The number of rotatable bonds is 5. The molecule has 1 atom stereocenters. The quantitative estimate of drug-likeness (QED) is 0.635. The molecule has 4 heterocycles. The molecule has 0 aliphatic carbocycles. The van der Waals surface area contributed by atoms with Gasteiger partial charge in [-0.1, -0.05) is 0 Å². The molecule has 1 saturated heterocycles. The molecule has 0 spiro atoms. The predicted octanol–water partition coefficient (Wildman–Crippen LogP) is 2.43. The molecule has 1 unspecified atom stereocenters. The first-order valence-corrected chi connectivity index (χ1v) is 11.0. The number of hydrogen-bond donors (Lipinski definition) is 2. The van der Waals surface area contributed by atoms with Gasteiger partial charge in [-0.2, -0.15) is 0 Å². The predicted molar refractivity (Wildman–Crippen MR) is 121 cm³/mol. The number of nitrogens with zero attached hydrogens (tertiary/aromatic N) is 4. The van der Waals surface area contributed by atoms with Gasteiger partial charge < -0.3 is 24.1 Å². The molecule has 3 aromatic rings. The highest BCUT2D eigenvalue weighted by Crippen LogP contribution is 2.35. The third-order valence-electron chi connectivity index (χ3n) is 6.06. The summed E-state index contributed by atoms with van der Waals surface area (Å²) in [4.78, 5) is 11.4. The van der Waals surface area contributed by atoms with Gasteiger partial charge in [-0.25, -0.2) is 4.98 Å². The number of imidazole rings is 1. The van der Waals surface area contributed by atoms with Gasteiger partial charge in [-0.05, 0) is 44.9 Å². The van der Waals surface area contributed by atoms with Gasteiger partial charge in [0, 0.05) is 49.2 Å². The van der Waals surface area contributed by atoms with Gasteiger partial charge in [0.25, 0.3) is 0 Å². The summed E-state index contributed by atoms with van der Waals surface area (Å²) in [5.74, 6) is 1.28. The van der Waals surface area contributed by atoms with Crippen LogP contribution in [-0.4, -0.2) is 68.1 Å². The molecule has 2 N–H and O–H groups in total. The van der Waals surface area contributed by atoms with Gasteiger partial charge in [-0.15, -0.1) is 0 Å². The summed E-state index contributed by atoms with van der Waals surface area (Å²) >= 11 is 0. The van der Waals surface area contributed by atoms with E-state index >= 15 is 0 Å². The molecule has 8 heteroatoms. The zero-order valence-electron chi connectivity index (χ0n) is 18.4. The van der Waals surface area contributed by atoms with Crippen molar-refractivity contribution in [3.63, 3.8) is 0 Å². The maximum absolute atomic E-state index is 10.7. The van der Waals surface area contributed by atoms with Crippen molar-refractivity contribution in [1.29, 1.82) is 0 Å². The summed E-state index contributed by atoms with van der Waals surface area (Å²) in [6, 6.07) is 5.66. The van der Waals surface area contributed by atoms with Crippen molar-refractivity contribution in [3.05, 3.63) is 53.2 Å². The second-order valence-electron chi connectivity index (χ2n) is 8.52. The molecule has 0 radical (unpaired) electrons. The summed E-state index contributed by atoms with van der Waals surface area (Å²) in [6.45, 7) is 7.04. The number of aliphatic hydroxyl groups is 2. The van der Waals surface area contributed by atoms with Crippen LogP contribution >= 0.6 is 0 Å². The Morgan fingerprint density at radius 1 is 1.12 bits per heavy atom. The maximum Gasteiger partial charge on any atom is 0.226 e. The zero-order valence-corrected chi connectivity index (χ0v) is 18.4. The molecule has 168 valence electrons. The van der Waals surface area contributed by atoms with E-state index in [2.05, 4.69) is 14.9 Å². The first kappa shape index (κ1) is 20.9. The Labute approximate surface area is 186 Å². The van der Waals surface area contributed by atoms with E-state index in [-0.39, 0.29) is 6.10 Å². The van der Waals surface area contributed by atoms with Crippen LogP contribution in [0.4, 0.5) is 0 Å². The van der Waals surface area contributed by atoms with Crippen LogP contribution in [0.2, 0.25) is 0 Å². The minimum atomic E-state index is -1.11. The van der Waals surface area contributed by atoms with Gasteiger partial charge in [0.1, 0.15) is 18.1 Å². The van der Waals surface area contributed by atoms with Gasteiger partial charge in [0.2, 0.25) is 6.29 Å². The van der Waals surface area contributed by atoms with Crippen LogP contribution in [0.5, 0.6) is 11.5 Å². The van der Waals surface area contributed by atoms with Crippen LogP contribution in [0.25, 0.3) is 17.3 Å². The highest BCUT2D eigenvalue weighted by atomic mass is 16.6. The van der Waals surface area contributed by atoms with Gasteiger partial charge in [0.05, 0.1) is 23.2 Å². The monoisotopic (exact) mass is 436 g/mol. The highest BCUT2D eigenvalue weighted by molar-refractivity contribution is 5.86. The molecule has 1 aromatic carbocycles. The summed E-state index contributed by atoms with van der Waals surface area (Å²) in [6.07, 6.45) is 6.07. The minimum Gasteiger partial charge on any atom is -0.492 e. The zero-order chi connectivity index (χ0) is 22.2. The number of hydrogen-bond acceptors (Lipinski definition) is 7. The molecule has 32 heavy (non-hydrogen) atoms. The van der Waals surface area contributed by atoms with Crippen molar-refractivity contribution < 1.29 is 19.7 Å². The molecule has 2 aliphatic heterocycles. The van der Waals surface area contributed by atoms with Crippen LogP contribution in [0.15, 0.2) is 30.6 Å². The lowest BCUT2D eigenvalue weighted by Crippen LogP contribution is -2.38. The molecular weight excluding hydrogens is 408 g/mol. The van der Waals surface area contributed by atoms with E-state index in [0.717, 1.165) is 55.1 Å². The van der Waals surface area contributed by atoms with Crippen LogP contribution in [0.3, 0.4) is 0 Å². The summed E-state index contributed by atoms with van der Waals surface area (Å²) in [7, 11) is 0. The average Bonchev–Trinajstić information content (AvgIpc) is 3.19. The molecule has 0 amide bonds. The topological polar surface area (TPSA) is 92.4 Å². The Kier molecular flexibility index (Phi) is 5.58. The molecule has 2 aliphatic rings. The van der Waals surface area contributed by atoms with Gasteiger partial charge in [-0.3, -0.25) is 9.88 Å². The molecule has 2 aromatic heterocycles. The second-order valence-corrected chi connectivity index (χ2v) is 8.52. The van der Waals surface area contributed by atoms with Crippen molar-refractivity contribution in [2.24, 2.45) is 0 Å². The van der Waals surface area contributed by atoms with E-state index in [1.54, 1.807) is 0 Å². The van der Waals surface area contributed by atoms with E-state index in [0.29, 0.717) is 29.4 Å². The fourth-order valence-electron chi connectivity index (χ4n) is 4.33. The number of aryl methyl sites for hydroxylation is 2. The Balaban J connectivity index is 1.30. The smallest absolute Gasteiger partial charge is 0.226 e. The highest BCUT2D eigenvalue weighted by Gasteiger charge is 2.25. The van der Waals surface area contributed by atoms with E-state index in [4.69, 9.17) is 9.47 Å². The van der Waals surface area contributed by atoms with Gasteiger partial charge in [0.15, 0.2) is 5.65 Å². The van der Waals surface area contributed by atoms with Crippen molar-refractivity contribution in [3.8, 4) is 11.5 Å². The van der Waals surface area contributed by atoms with Crippen LogP contribution in [-0.2, 0) is 0 Å². The normalized spacial score (nSPS) is 19.5. The third kappa shape index (κ3) is 4.21. The Morgan fingerprint density at radius 2 is 1.94 bits per heavy atom. The lowest BCUT2D eigenvalue weighted by Gasteiger charge is -2.29. The Hall–Kier alpha value is -2.94. The average molecular weight is 437 g/mol. The number of aromatic nitrogens is 3. The number of ether oxygens (including phenoxy) is 2. The number of benzene rings is 1. The maximum atomic E-state index is 10.7. The van der Waals surface area contributed by atoms with E-state index in [9.17, 15) is 10.2 Å². The molecule has 0 saturated carbocycles. The Morgan fingerprint density at radius 3 is 2.75 bits per heavy atom. The van der Waals surface area contributed by atoms with Crippen LogP contribution < -0.4 is 9.47 Å². The van der Waals surface area contributed by atoms with E-state index in [1.807, 2.05) is 54.9 Å². The van der Waals surface area contributed by atoms with Crippen molar-refractivity contribution in [2.75, 3.05) is 26.2 Å². The first-order chi connectivity index (χ1) is 15.5. The molecule has 1 fully saturated rings.